The summed E-state index contributed by atoms with van der Waals surface area (Å²) in [6.07, 6.45) is 5.56. The Morgan fingerprint density at radius 2 is 2.06 bits per heavy atom. The molecule has 0 spiro atoms. The summed E-state index contributed by atoms with van der Waals surface area (Å²) in [6, 6.07) is 1.02. The molecule has 88 valence electrons. The van der Waals surface area contributed by atoms with E-state index in [1.165, 1.54) is 12.6 Å². The monoisotopic (exact) mass is 230 g/mol. The van der Waals surface area contributed by atoms with E-state index in [4.69, 9.17) is 4.74 Å². The first-order valence-electron chi connectivity index (χ1n) is 5.33. The summed E-state index contributed by atoms with van der Waals surface area (Å²) in [6.45, 7) is -4.49. The number of ether oxygens (including phenoxy) is 1. The van der Waals surface area contributed by atoms with Gasteiger partial charge in [-0.1, -0.05) is 11.9 Å². The largest absolute Gasteiger partial charge is 0.511 e. The molecule has 2 nitrogen and oxygen atoms in total. The predicted octanol–water partition coefficient (Wildman–Crippen LogP) is 2.31. The fourth-order valence-electron chi connectivity index (χ4n) is 1.57. The highest BCUT2D eigenvalue weighted by Crippen LogP contribution is 2.26. The molecule has 0 atom stereocenters. The van der Waals surface area contributed by atoms with E-state index < -0.39 is 12.4 Å². The Morgan fingerprint density at radius 3 is 2.62 bits per heavy atom. The van der Waals surface area contributed by atoms with Crippen LogP contribution in [-0.2, 0) is 0 Å². The maximum atomic E-state index is 12.4. The van der Waals surface area contributed by atoms with E-state index in [0.717, 1.165) is 25.1 Å². The van der Waals surface area contributed by atoms with E-state index in [0.29, 0.717) is 12.5 Å². The lowest BCUT2D eigenvalue weighted by atomic mass is 9.81. The number of rotatable bonds is 4. The van der Waals surface area contributed by atoms with Crippen LogP contribution in [0.25, 0.3) is 0 Å². The van der Waals surface area contributed by atoms with Crippen molar-refractivity contribution in [3.63, 3.8) is 0 Å². The van der Waals surface area contributed by atoms with Crippen molar-refractivity contribution in [3.8, 4) is 5.75 Å². The van der Waals surface area contributed by atoms with E-state index in [1.807, 2.05) is 0 Å². The SMILES string of the molecule is F[B-](F)(F)c1cncc(OCC2CCC2)c1. The molecule has 2 rings (SSSR count). The van der Waals surface area contributed by atoms with Crippen molar-refractivity contribution < 1.29 is 17.7 Å². The van der Waals surface area contributed by atoms with Gasteiger partial charge in [-0.05, 0) is 24.8 Å². The molecule has 0 aromatic carbocycles. The predicted molar refractivity (Wildman–Crippen MR) is 55.8 cm³/mol. The Bertz CT molecular complexity index is 365. The molecule has 0 saturated heterocycles. The Morgan fingerprint density at radius 1 is 1.31 bits per heavy atom. The molecular weight excluding hydrogens is 218 g/mol. The second kappa shape index (κ2) is 4.35. The maximum absolute atomic E-state index is 12.4. The molecule has 0 N–H and O–H groups in total. The van der Waals surface area contributed by atoms with Gasteiger partial charge in [-0.2, -0.15) is 0 Å². The summed E-state index contributed by atoms with van der Waals surface area (Å²) in [4.78, 5) is 3.54. The third-order valence-corrected chi connectivity index (χ3v) is 2.82. The van der Waals surface area contributed by atoms with Crippen molar-refractivity contribution in [3.05, 3.63) is 18.5 Å². The zero-order chi connectivity index (χ0) is 11.6. The molecular formula is C10H12BF3NO-. The summed E-state index contributed by atoms with van der Waals surface area (Å²) in [7, 11) is 0. The van der Waals surface area contributed by atoms with Gasteiger partial charge in [-0.25, -0.2) is 0 Å². The molecule has 0 bridgehead atoms. The molecule has 6 heteroatoms. The smallest absolute Gasteiger partial charge is 0.492 e. The lowest BCUT2D eigenvalue weighted by molar-refractivity contribution is 0.180. The molecule has 1 aromatic rings. The van der Waals surface area contributed by atoms with E-state index >= 15 is 0 Å². The van der Waals surface area contributed by atoms with Gasteiger partial charge in [-0.3, -0.25) is 4.98 Å². The normalized spacial score (nSPS) is 16.9. The second-order valence-corrected chi connectivity index (χ2v) is 4.14. The van der Waals surface area contributed by atoms with Gasteiger partial charge in [0.05, 0.1) is 12.8 Å². The lowest BCUT2D eigenvalue weighted by Gasteiger charge is -2.25. The number of aromatic nitrogens is 1. The van der Waals surface area contributed by atoms with Crippen LogP contribution in [0.5, 0.6) is 5.75 Å². The number of pyridine rings is 1. The lowest BCUT2D eigenvalue weighted by Crippen LogP contribution is -2.34. The average Bonchev–Trinajstić information content (AvgIpc) is 2.14. The van der Waals surface area contributed by atoms with E-state index in [1.54, 1.807) is 0 Å². The van der Waals surface area contributed by atoms with Gasteiger partial charge in [0.1, 0.15) is 5.75 Å². The third kappa shape index (κ3) is 2.68. The van der Waals surface area contributed by atoms with Gasteiger partial charge in [0, 0.05) is 6.20 Å². The molecule has 0 aliphatic heterocycles. The minimum atomic E-state index is -4.99. The number of hydrogen-bond donors (Lipinski definition) is 0. The van der Waals surface area contributed by atoms with Crippen molar-refractivity contribution in [2.75, 3.05) is 6.61 Å². The van der Waals surface area contributed by atoms with Gasteiger partial charge in [-0.15, -0.1) is 0 Å². The van der Waals surface area contributed by atoms with Crippen LogP contribution in [0.4, 0.5) is 12.9 Å². The van der Waals surface area contributed by atoms with Gasteiger partial charge in [0.2, 0.25) is 0 Å². The van der Waals surface area contributed by atoms with Gasteiger partial charge in [0.25, 0.3) is 0 Å². The quantitative estimate of drug-likeness (QED) is 0.740. The van der Waals surface area contributed by atoms with Crippen molar-refractivity contribution in [1.29, 1.82) is 0 Å². The van der Waals surface area contributed by atoms with Crippen molar-refractivity contribution in [2.45, 2.75) is 19.3 Å². The third-order valence-electron chi connectivity index (χ3n) is 2.82. The standard InChI is InChI=1S/C10H12BF3NO/c12-11(13,14)9-4-10(6-15-5-9)16-7-8-2-1-3-8/h4-6,8H,1-3,7H2/q-1. The highest BCUT2D eigenvalue weighted by Gasteiger charge is 2.26. The van der Waals surface area contributed by atoms with Crippen LogP contribution < -0.4 is 10.2 Å². The Labute approximate surface area is 91.9 Å². The maximum Gasteiger partial charge on any atom is 0.511 e. The first kappa shape index (κ1) is 11.3. The topological polar surface area (TPSA) is 22.1 Å². The highest BCUT2D eigenvalue weighted by atomic mass is 19.4. The van der Waals surface area contributed by atoms with Crippen molar-refractivity contribution >= 4 is 12.4 Å². The fraction of sp³-hybridized carbons (Fsp3) is 0.500. The van der Waals surface area contributed by atoms with Crippen LogP contribution >= 0.6 is 0 Å². The van der Waals surface area contributed by atoms with Crippen LogP contribution in [0.1, 0.15) is 19.3 Å². The summed E-state index contributed by atoms with van der Waals surface area (Å²) in [5.74, 6) is 0.712. The Balaban J connectivity index is 1.98. The molecule has 1 fully saturated rings. The minimum Gasteiger partial charge on any atom is -0.492 e. The molecule has 0 radical (unpaired) electrons. The fourth-order valence-corrected chi connectivity index (χ4v) is 1.57. The van der Waals surface area contributed by atoms with Crippen LogP contribution in [-0.4, -0.2) is 18.6 Å². The van der Waals surface area contributed by atoms with Gasteiger partial charge in [0.15, 0.2) is 0 Å². The molecule has 1 aliphatic carbocycles. The van der Waals surface area contributed by atoms with Crippen molar-refractivity contribution in [2.24, 2.45) is 5.92 Å². The zero-order valence-electron chi connectivity index (χ0n) is 8.70. The van der Waals surface area contributed by atoms with Gasteiger partial charge >= 0.3 is 6.98 Å². The second-order valence-electron chi connectivity index (χ2n) is 4.14. The molecule has 1 aromatic heterocycles. The molecule has 1 heterocycles. The molecule has 1 aliphatic rings. The van der Waals surface area contributed by atoms with Crippen LogP contribution in [0.3, 0.4) is 0 Å². The van der Waals surface area contributed by atoms with E-state index in [-0.39, 0.29) is 5.75 Å². The minimum absolute atomic E-state index is 0.212. The zero-order valence-corrected chi connectivity index (χ0v) is 8.70. The molecule has 0 unspecified atom stereocenters. The first-order chi connectivity index (χ1) is 7.55. The number of halogens is 3. The summed E-state index contributed by atoms with van der Waals surface area (Å²) in [5, 5.41) is 0. The van der Waals surface area contributed by atoms with Crippen LogP contribution in [0.2, 0.25) is 0 Å². The molecule has 16 heavy (non-hydrogen) atoms. The average molecular weight is 230 g/mol. The number of hydrogen-bond acceptors (Lipinski definition) is 2. The first-order valence-corrected chi connectivity index (χ1v) is 5.33. The number of nitrogens with zero attached hydrogens (tertiary/aromatic N) is 1. The molecule has 1 saturated carbocycles. The van der Waals surface area contributed by atoms with Crippen molar-refractivity contribution in [1.82, 2.24) is 4.98 Å². The highest BCUT2D eigenvalue weighted by molar-refractivity contribution is 6.73. The van der Waals surface area contributed by atoms with Crippen LogP contribution in [0, 0.1) is 5.92 Å². The van der Waals surface area contributed by atoms with E-state index in [9.17, 15) is 12.9 Å². The summed E-state index contributed by atoms with van der Waals surface area (Å²) in [5.41, 5.74) is -0.703. The Kier molecular flexibility index (Phi) is 3.07. The molecule has 0 amide bonds. The Hall–Kier alpha value is -1.20. The summed E-state index contributed by atoms with van der Waals surface area (Å²) < 4.78 is 42.5. The van der Waals surface area contributed by atoms with Gasteiger partial charge < -0.3 is 17.7 Å². The summed E-state index contributed by atoms with van der Waals surface area (Å²) >= 11 is 0. The van der Waals surface area contributed by atoms with Crippen LogP contribution in [0.15, 0.2) is 18.5 Å². The van der Waals surface area contributed by atoms with E-state index in [2.05, 4.69) is 4.98 Å².